The van der Waals surface area contributed by atoms with Crippen LogP contribution in [0.2, 0.25) is 0 Å². The second-order valence-corrected chi connectivity index (χ2v) is 4.01. The van der Waals surface area contributed by atoms with Crippen molar-refractivity contribution in [1.82, 2.24) is 0 Å². The van der Waals surface area contributed by atoms with Crippen LogP contribution in [0.5, 0.6) is 0 Å². The molecule has 0 N–H and O–H groups in total. The molecule has 0 saturated heterocycles. The van der Waals surface area contributed by atoms with Crippen LogP contribution in [0.4, 0.5) is 0 Å². The molecule has 0 aliphatic rings. The fourth-order valence-corrected chi connectivity index (χ4v) is 0.798. The molecule has 0 aliphatic heterocycles. The van der Waals surface area contributed by atoms with Crippen LogP contribution in [0, 0.1) is 0 Å². The number of unbranched alkanes of at least 4 members (excludes halogenated alkanes) is 1. The molecule has 0 aromatic rings. The van der Waals surface area contributed by atoms with Gasteiger partial charge in [-0.15, -0.1) is 0 Å². The van der Waals surface area contributed by atoms with E-state index in [4.69, 9.17) is 9.47 Å². The maximum atomic E-state index is 10.4. The van der Waals surface area contributed by atoms with E-state index in [1.807, 2.05) is 20.8 Å². The van der Waals surface area contributed by atoms with Gasteiger partial charge >= 0.3 is 5.97 Å². The number of ether oxygens (including phenoxy) is 2. The molecule has 0 atom stereocenters. The van der Waals surface area contributed by atoms with Gasteiger partial charge in [0.05, 0.1) is 12.2 Å². The topological polar surface area (TPSA) is 35.5 Å². The molecule has 0 aliphatic carbocycles. The molecule has 0 rings (SSSR count). The van der Waals surface area contributed by atoms with Gasteiger partial charge in [-0.05, 0) is 33.6 Å². The van der Waals surface area contributed by atoms with Gasteiger partial charge in [0.25, 0.3) is 0 Å². The summed E-state index contributed by atoms with van der Waals surface area (Å²) in [5, 5.41) is 0. The van der Waals surface area contributed by atoms with E-state index < -0.39 is 0 Å². The van der Waals surface area contributed by atoms with Gasteiger partial charge in [0, 0.05) is 13.5 Å². The first-order chi connectivity index (χ1) is 5.92. The number of carbonyl (C=O) groups excluding carboxylic acids is 1. The minimum absolute atomic E-state index is 0.0680. The van der Waals surface area contributed by atoms with Crippen LogP contribution >= 0.6 is 0 Å². The Morgan fingerprint density at radius 2 is 1.69 bits per heavy atom. The minimum atomic E-state index is -0.211. The molecule has 0 aromatic carbocycles. The number of carbonyl (C=O) groups is 1. The highest BCUT2D eigenvalue weighted by Gasteiger charge is 2.08. The van der Waals surface area contributed by atoms with E-state index in [1.54, 1.807) is 0 Å². The molecule has 3 nitrogen and oxygen atoms in total. The third-order valence-corrected chi connectivity index (χ3v) is 1.38. The zero-order valence-electron chi connectivity index (χ0n) is 9.05. The Bertz CT molecular complexity index is 147. The second kappa shape index (κ2) is 5.97. The van der Waals surface area contributed by atoms with Crippen LogP contribution in [-0.2, 0) is 14.3 Å². The van der Waals surface area contributed by atoms with Gasteiger partial charge in [-0.1, -0.05) is 0 Å². The monoisotopic (exact) mass is 188 g/mol. The highest BCUT2D eigenvalue weighted by atomic mass is 16.5. The van der Waals surface area contributed by atoms with E-state index >= 15 is 0 Å². The van der Waals surface area contributed by atoms with Crippen molar-refractivity contribution >= 4 is 5.97 Å². The lowest BCUT2D eigenvalue weighted by atomic mass is 10.2. The zero-order valence-corrected chi connectivity index (χ0v) is 9.05. The molecule has 0 bridgehead atoms. The quantitative estimate of drug-likeness (QED) is 0.490. The molecule has 0 unspecified atom stereocenters. The van der Waals surface area contributed by atoms with Crippen LogP contribution in [0.15, 0.2) is 0 Å². The van der Waals surface area contributed by atoms with Crippen LogP contribution in [0.1, 0.15) is 40.5 Å². The number of rotatable bonds is 5. The smallest absolute Gasteiger partial charge is 0.302 e. The fraction of sp³-hybridized carbons (Fsp3) is 0.900. The summed E-state index contributed by atoms with van der Waals surface area (Å²) >= 11 is 0. The lowest BCUT2D eigenvalue weighted by Crippen LogP contribution is -2.19. The summed E-state index contributed by atoms with van der Waals surface area (Å²) in [6, 6.07) is 0. The molecule has 3 heteroatoms. The van der Waals surface area contributed by atoms with E-state index in [0.29, 0.717) is 6.61 Å². The Labute approximate surface area is 80.4 Å². The number of hydrogen-bond donors (Lipinski definition) is 0. The van der Waals surface area contributed by atoms with E-state index in [1.165, 1.54) is 6.92 Å². The molecule has 0 saturated carbocycles. The summed E-state index contributed by atoms with van der Waals surface area (Å²) in [7, 11) is 0. The number of hydrogen-bond acceptors (Lipinski definition) is 3. The predicted molar refractivity (Wildman–Crippen MR) is 51.6 cm³/mol. The second-order valence-electron chi connectivity index (χ2n) is 4.01. The highest BCUT2D eigenvalue weighted by molar-refractivity contribution is 5.65. The zero-order chi connectivity index (χ0) is 10.3. The Morgan fingerprint density at radius 1 is 1.15 bits per heavy atom. The van der Waals surface area contributed by atoms with Gasteiger partial charge in [0.1, 0.15) is 0 Å². The molecule has 0 amide bonds. The fourth-order valence-electron chi connectivity index (χ4n) is 0.798. The van der Waals surface area contributed by atoms with Crippen molar-refractivity contribution in [2.75, 3.05) is 13.2 Å². The van der Waals surface area contributed by atoms with Crippen molar-refractivity contribution in [3.63, 3.8) is 0 Å². The SMILES string of the molecule is CC(=O)OCCCCOC(C)(C)C. The van der Waals surface area contributed by atoms with Crippen LogP contribution in [-0.4, -0.2) is 24.8 Å². The summed E-state index contributed by atoms with van der Waals surface area (Å²) in [6.07, 6.45) is 1.81. The summed E-state index contributed by atoms with van der Waals surface area (Å²) in [5.74, 6) is -0.211. The molecule has 13 heavy (non-hydrogen) atoms. The van der Waals surface area contributed by atoms with Gasteiger partial charge in [0.2, 0.25) is 0 Å². The van der Waals surface area contributed by atoms with E-state index in [2.05, 4.69) is 0 Å². The standard InChI is InChI=1S/C10H20O3/c1-9(11)12-7-5-6-8-13-10(2,3)4/h5-8H2,1-4H3. The maximum absolute atomic E-state index is 10.4. The van der Waals surface area contributed by atoms with Crippen molar-refractivity contribution in [2.45, 2.75) is 46.1 Å². The Balaban J connectivity index is 3.13. The molecule has 0 heterocycles. The Morgan fingerprint density at radius 3 is 2.15 bits per heavy atom. The van der Waals surface area contributed by atoms with Gasteiger partial charge in [-0.2, -0.15) is 0 Å². The normalized spacial score (nSPS) is 11.4. The predicted octanol–water partition coefficient (Wildman–Crippen LogP) is 2.14. The molecule has 0 aromatic heterocycles. The summed E-state index contributed by atoms with van der Waals surface area (Å²) in [6.45, 7) is 8.73. The first-order valence-electron chi connectivity index (χ1n) is 4.69. The minimum Gasteiger partial charge on any atom is -0.466 e. The van der Waals surface area contributed by atoms with Gasteiger partial charge in [0.15, 0.2) is 0 Å². The summed E-state index contributed by atoms with van der Waals surface area (Å²) < 4.78 is 10.3. The van der Waals surface area contributed by atoms with Crippen LogP contribution < -0.4 is 0 Å². The van der Waals surface area contributed by atoms with Crippen molar-refractivity contribution in [3.05, 3.63) is 0 Å². The average Bonchev–Trinajstić information content (AvgIpc) is 1.93. The van der Waals surface area contributed by atoms with Gasteiger partial charge < -0.3 is 9.47 Å². The molecule has 78 valence electrons. The van der Waals surface area contributed by atoms with Crippen molar-refractivity contribution in [1.29, 1.82) is 0 Å². The summed E-state index contributed by atoms with van der Waals surface area (Å²) in [5.41, 5.74) is -0.0680. The first-order valence-corrected chi connectivity index (χ1v) is 4.69. The Kier molecular flexibility index (Phi) is 5.71. The lowest BCUT2D eigenvalue weighted by Gasteiger charge is -2.19. The molecular weight excluding hydrogens is 168 g/mol. The molecule has 0 radical (unpaired) electrons. The summed E-state index contributed by atoms with van der Waals surface area (Å²) in [4.78, 5) is 10.4. The van der Waals surface area contributed by atoms with Crippen molar-refractivity contribution < 1.29 is 14.3 Å². The lowest BCUT2D eigenvalue weighted by molar-refractivity contribution is -0.141. The highest BCUT2D eigenvalue weighted by Crippen LogP contribution is 2.07. The largest absolute Gasteiger partial charge is 0.466 e. The van der Waals surface area contributed by atoms with E-state index in [0.717, 1.165) is 19.4 Å². The first kappa shape index (κ1) is 12.4. The Hall–Kier alpha value is -0.570. The molecular formula is C10H20O3. The van der Waals surface area contributed by atoms with Crippen molar-refractivity contribution in [3.8, 4) is 0 Å². The van der Waals surface area contributed by atoms with E-state index in [9.17, 15) is 4.79 Å². The molecule has 0 spiro atoms. The van der Waals surface area contributed by atoms with Gasteiger partial charge in [-0.25, -0.2) is 0 Å². The van der Waals surface area contributed by atoms with Crippen LogP contribution in [0.25, 0.3) is 0 Å². The van der Waals surface area contributed by atoms with Crippen LogP contribution in [0.3, 0.4) is 0 Å². The third-order valence-electron chi connectivity index (χ3n) is 1.38. The maximum Gasteiger partial charge on any atom is 0.302 e. The third kappa shape index (κ3) is 11.4. The number of esters is 1. The van der Waals surface area contributed by atoms with E-state index in [-0.39, 0.29) is 11.6 Å². The van der Waals surface area contributed by atoms with Crippen molar-refractivity contribution in [2.24, 2.45) is 0 Å². The molecule has 0 fully saturated rings. The van der Waals surface area contributed by atoms with Gasteiger partial charge in [-0.3, -0.25) is 4.79 Å². The average molecular weight is 188 g/mol.